The molecule has 1 saturated heterocycles. The first-order valence-corrected chi connectivity index (χ1v) is 7.82. The summed E-state index contributed by atoms with van der Waals surface area (Å²) in [6, 6.07) is 3.29. The number of nitrogens with zero attached hydrogens (tertiary/aromatic N) is 4. The molecule has 1 unspecified atom stereocenters. The van der Waals surface area contributed by atoms with Crippen molar-refractivity contribution >= 4 is 23.6 Å². The van der Waals surface area contributed by atoms with E-state index in [0.717, 1.165) is 5.75 Å². The van der Waals surface area contributed by atoms with Crippen molar-refractivity contribution in [2.75, 3.05) is 37.7 Å². The highest BCUT2D eigenvalue weighted by Gasteiger charge is 2.31. The number of carboxylic acid groups (broad SMARTS) is 1. The Labute approximate surface area is 128 Å². The maximum atomic E-state index is 12.3. The molecule has 1 N–H and O–H groups in total. The maximum absolute atomic E-state index is 12.3. The molecule has 1 atom stereocenters. The van der Waals surface area contributed by atoms with Crippen LogP contribution < -0.4 is 0 Å². The van der Waals surface area contributed by atoms with Crippen molar-refractivity contribution in [3.05, 3.63) is 0 Å². The molecule has 0 aromatic rings. The van der Waals surface area contributed by atoms with Gasteiger partial charge in [-0.1, -0.05) is 0 Å². The number of thioether (sulfide) groups is 1. The quantitative estimate of drug-likeness (QED) is 0.712. The van der Waals surface area contributed by atoms with Crippen LogP contribution in [-0.4, -0.2) is 70.5 Å². The molecule has 0 aromatic carbocycles. The number of carboxylic acids is 1. The average molecular weight is 310 g/mol. The molecule has 1 aliphatic heterocycles. The summed E-state index contributed by atoms with van der Waals surface area (Å²) in [5, 5.41) is 26.4. The standard InChI is InChI=1S/C13H18N4O3S/c14-3-1-5-16(6-2-4-15)12(18)9-17-7-8-21-10-11(17)13(19)20/h11H,1-2,5-10H2,(H,19,20). The normalized spacial score (nSPS) is 18.5. The summed E-state index contributed by atoms with van der Waals surface area (Å²) in [5.41, 5.74) is 0. The van der Waals surface area contributed by atoms with Gasteiger partial charge in [0.2, 0.25) is 5.91 Å². The van der Waals surface area contributed by atoms with Crippen LogP contribution in [0.3, 0.4) is 0 Å². The van der Waals surface area contributed by atoms with Crippen LogP contribution in [0.2, 0.25) is 0 Å². The number of hydrogen-bond acceptors (Lipinski definition) is 6. The minimum atomic E-state index is -0.921. The van der Waals surface area contributed by atoms with Crippen LogP contribution in [0.25, 0.3) is 0 Å². The molecule has 0 aromatic heterocycles. The van der Waals surface area contributed by atoms with E-state index in [1.54, 1.807) is 16.7 Å². The van der Waals surface area contributed by atoms with Gasteiger partial charge in [-0.3, -0.25) is 14.5 Å². The smallest absolute Gasteiger partial charge is 0.321 e. The molecule has 7 nitrogen and oxygen atoms in total. The van der Waals surface area contributed by atoms with E-state index in [9.17, 15) is 14.7 Å². The molecule has 1 rings (SSSR count). The van der Waals surface area contributed by atoms with Gasteiger partial charge >= 0.3 is 5.97 Å². The topological polar surface area (TPSA) is 108 Å². The first-order chi connectivity index (χ1) is 10.1. The van der Waals surface area contributed by atoms with Gasteiger partial charge in [0.05, 0.1) is 31.5 Å². The zero-order valence-corrected chi connectivity index (χ0v) is 12.5. The van der Waals surface area contributed by atoms with E-state index in [4.69, 9.17) is 10.5 Å². The summed E-state index contributed by atoms with van der Waals surface area (Å²) >= 11 is 1.56. The van der Waals surface area contributed by atoms with Crippen molar-refractivity contribution in [3.8, 4) is 12.1 Å². The highest BCUT2D eigenvalue weighted by atomic mass is 32.2. The molecule has 1 fully saturated rings. The second-order valence-corrected chi connectivity index (χ2v) is 5.75. The molecule has 1 aliphatic rings. The number of carbonyl (C=O) groups excluding carboxylic acids is 1. The molecule has 1 amide bonds. The molecule has 1 heterocycles. The summed E-state index contributed by atoms with van der Waals surface area (Å²) < 4.78 is 0. The van der Waals surface area contributed by atoms with Gasteiger partial charge in [-0.05, 0) is 0 Å². The molecule has 8 heteroatoms. The average Bonchev–Trinajstić information content (AvgIpc) is 2.47. The fourth-order valence-electron chi connectivity index (χ4n) is 2.06. The number of hydrogen-bond donors (Lipinski definition) is 1. The van der Waals surface area contributed by atoms with E-state index in [1.807, 2.05) is 12.1 Å². The maximum Gasteiger partial charge on any atom is 0.321 e. The predicted octanol–water partition coefficient (Wildman–Crippen LogP) is 0.144. The Morgan fingerprint density at radius 3 is 2.43 bits per heavy atom. The molecular weight excluding hydrogens is 292 g/mol. The molecule has 0 aliphatic carbocycles. The number of nitriles is 2. The zero-order valence-electron chi connectivity index (χ0n) is 11.7. The number of amides is 1. The molecule has 21 heavy (non-hydrogen) atoms. The van der Waals surface area contributed by atoms with Crippen molar-refractivity contribution in [2.24, 2.45) is 0 Å². The molecule has 0 saturated carbocycles. The third kappa shape index (κ3) is 5.62. The minimum absolute atomic E-state index is 0.0222. The van der Waals surface area contributed by atoms with Crippen LogP contribution >= 0.6 is 11.8 Å². The lowest BCUT2D eigenvalue weighted by molar-refractivity contribution is -0.144. The van der Waals surface area contributed by atoms with Crippen molar-refractivity contribution in [1.82, 2.24) is 9.80 Å². The number of carbonyl (C=O) groups is 2. The van der Waals surface area contributed by atoms with E-state index in [0.29, 0.717) is 12.3 Å². The van der Waals surface area contributed by atoms with Gasteiger partial charge < -0.3 is 10.0 Å². The molecule has 114 valence electrons. The van der Waals surface area contributed by atoms with Gasteiger partial charge in [-0.15, -0.1) is 0 Å². The molecule has 0 radical (unpaired) electrons. The van der Waals surface area contributed by atoms with Crippen molar-refractivity contribution in [2.45, 2.75) is 18.9 Å². The van der Waals surface area contributed by atoms with Gasteiger partial charge in [-0.25, -0.2) is 0 Å². The van der Waals surface area contributed by atoms with Crippen LogP contribution in [-0.2, 0) is 9.59 Å². The first kappa shape index (κ1) is 17.3. The van der Waals surface area contributed by atoms with E-state index in [2.05, 4.69) is 0 Å². The van der Waals surface area contributed by atoms with E-state index in [1.165, 1.54) is 4.90 Å². The number of aliphatic carboxylic acids is 1. The first-order valence-electron chi connectivity index (χ1n) is 6.66. The van der Waals surface area contributed by atoms with E-state index >= 15 is 0 Å². The Morgan fingerprint density at radius 2 is 1.90 bits per heavy atom. The lowest BCUT2D eigenvalue weighted by Crippen LogP contribution is -2.51. The summed E-state index contributed by atoms with van der Waals surface area (Å²) in [7, 11) is 0. The van der Waals surface area contributed by atoms with Gasteiger partial charge in [0.1, 0.15) is 6.04 Å². The van der Waals surface area contributed by atoms with Crippen LogP contribution in [0.1, 0.15) is 12.8 Å². The van der Waals surface area contributed by atoms with Gasteiger partial charge in [0.25, 0.3) is 0 Å². The predicted molar refractivity (Wildman–Crippen MR) is 77.4 cm³/mol. The van der Waals surface area contributed by atoms with Gasteiger partial charge in [-0.2, -0.15) is 22.3 Å². The second-order valence-electron chi connectivity index (χ2n) is 4.60. The Kier molecular flexibility index (Phi) is 7.59. The second kappa shape index (κ2) is 9.22. The summed E-state index contributed by atoms with van der Waals surface area (Å²) in [4.78, 5) is 26.6. The van der Waals surface area contributed by atoms with Crippen LogP contribution in [0.4, 0.5) is 0 Å². The largest absolute Gasteiger partial charge is 0.480 e. The fraction of sp³-hybridized carbons (Fsp3) is 0.692. The summed E-state index contributed by atoms with van der Waals surface area (Å²) in [6.07, 6.45) is 0.407. The molecular formula is C13H18N4O3S. The van der Waals surface area contributed by atoms with E-state index < -0.39 is 12.0 Å². The monoisotopic (exact) mass is 310 g/mol. The Hall–Kier alpha value is -1.77. The van der Waals surface area contributed by atoms with Crippen molar-refractivity contribution in [1.29, 1.82) is 10.5 Å². The lowest BCUT2D eigenvalue weighted by atomic mass is 10.2. The van der Waals surface area contributed by atoms with Crippen LogP contribution in [0.15, 0.2) is 0 Å². The third-order valence-corrected chi connectivity index (χ3v) is 4.23. The van der Waals surface area contributed by atoms with E-state index in [-0.39, 0.29) is 38.4 Å². The van der Waals surface area contributed by atoms with Gasteiger partial charge in [0, 0.05) is 31.1 Å². The highest BCUT2D eigenvalue weighted by Crippen LogP contribution is 2.16. The fourth-order valence-corrected chi connectivity index (χ4v) is 3.17. The van der Waals surface area contributed by atoms with Crippen molar-refractivity contribution < 1.29 is 14.7 Å². The third-order valence-electron chi connectivity index (χ3n) is 3.20. The zero-order chi connectivity index (χ0) is 15.7. The number of rotatable bonds is 7. The summed E-state index contributed by atoms with van der Waals surface area (Å²) in [6.45, 7) is 1.13. The minimum Gasteiger partial charge on any atom is -0.480 e. The Morgan fingerprint density at radius 1 is 1.29 bits per heavy atom. The van der Waals surface area contributed by atoms with Crippen molar-refractivity contribution in [3.63, 3.8) is 0 Å². The molecule has 0 bridgehead atoms. The van der Waals surface area contributed by atoms with Crippen LogP contribution in [0, 0.1) is 22.7 Å². The SMILES string of the molecule is N#CCCN(CCC#N)C(=O)CN1CCSCC1C(=O)O. The van der Waals surface area contributed by atoms with Gasteiger partial charge in [0.15, 0.2) is 0 Å². The Bertz CT molecular complexity index is 439. The molecule has 0 spiro atoms. The summed E-state index contributed by atoms with van der Waals surface area (Å²) in [5.74, 6) is 0.126. The Balaban J connectivity index is 2.63. The lowest BCUT2D eigenvalue weighted by Gasteiger charge is -2.33. The van der Waals surface area contributed by atoms with Crippen LogP contribution in [0.5, 0.6) is 0 Å². The highest BCUT2D eigenvalue weighted by molar-refractivity contribution is 7.99.